The molecule has 0 N–H and O–H groups in total. The van der Waals surface area contributed by atoms with Gasteiger partial charge in [0.25, 0.3) is 17.5 Å². The lowest BCUT2D eigenvalue weighted by molar-refractivity contribution is -0.151. The van der Waals surface area contributed by atoms with Gasteiger partial charge in [0.15, 0.2) is 11.5 Å². The normalized spacial score (nSPS) is 18.3. The number of rotatable bonds is 6. The second kappa shape index (κ2) is 9.36. The first-order valence-corrected chi connectivity index (χ1v) is 11.5. The minimum absolute atomic E-state index is 0.196. The molecule has 0 fully saturated rings. The number of hydrogen-bond donors (Lipinski definition) is 0. The van der Waals surface area contributed by atoms with Gasteiger partial charge in [0.1, 0.15) is 0 Å². The summed E-state index contributed by atoms with van der Waals surface area (Å²) < 4.78 is 17.0. The third kappa shape index (κ3) is 3.56. The number of carbonyl (C=O) groups is 2. The highest BCUT2D eigenvalue weighted by Crippen LogP contribution is 2.50. The van der Waals surface area contributed by atoms with E-state index in [0.29, 0.717) is 35.0 Å². The van der Waals surface area contributed by atoms with Crippen molar-refractivity contribution in [3.8, 4) is 11.5 Å². The fourth-order valence-corrected chi connectivity index (χ4v) is 4.81. The van der Waals surface area contributed by atoms with Crippen molar-refractivity contribution in [1.82, 2.24) is 0 Å². The number of benzene rings is 3. The maximum absolute atomic E-state index is 14.0. The van der Waals surface area contributed by atoms with E-state index in [-0.39, 0.29) is 18.4 Å². The third-order valence-electron chi connectivity index (χ3n) is 6.44. The van der Waals surface area contributed by atoms with E-state index in [4.69, 9.17) is 14.2 Å². The van der Waals surface area contributed by atoms with E-state index in [1.54, 1.807) is 43.4 Å². The van der Waals surface area contributed by atoms with Crippen molar-refractivity contribution in [3.05, 3.63) is 102 Å². The Hall–Kier alpha value is -4.36. The number of amides is 2. The number of para-hydroxylation sites is 2. The molecule has 0 saturated carbocycles. The Labute approximate surface area is 209 Å². The predicted octanol–water partition coefficient (Wildman–Crippen LogP) is 4.67. The molecule has 0 radical (unpaired) electrons. The average molecular weight is 483 g/mol. The van der Waals surface area contributed by atoms with Gasteiger partial charge in [-0.05, 0) is 35.9 Å². The van der Waals surface area contributed by atoms with Gasteiger partial charge in [-0.2, -0.15) is 0 Å². The Morgan fingerprint density at radius 2 is 1.75 bits per heavy atom. The molecule has 2 aliphatic heterocycles. The first-order chi connectivity index (χ1) is 17.5. The monoisotopic (exact) mass is 482 g/mol. The highest BCUT2D eigenvalue weighted by atomic mass is 16.5. The van der Waals surface area contributed by atoms with E-state index < -0.39 is 5.72 Å². The standard InChI is InChI=1S/C29H26N2O5/c1-4-17-30-24-12-8-6-10-22(24)29(28(30)33)31(23-11-7-5-9-21(23)19-36-29)27(32)16-14-20-13-15-25(34-2)26(18-20)35-3/h4-16,18H,1,17,19H2,2-3H3/b16-14+/t29-/m0/s1. The van der Waals surface area contributed by atoms with Gasteiger partial charge < -0.3 is 19.1 Å². The molecule has 2 aliphatic rings. The summed E-state index contributed by atoms with van der Waals surface area (Å²) in [4.78, 5) is 31.0. The molecule has 3 aromatic rings. The van der Waals surface area contributed by atoms with Crippen molar-refractivity contribution >= 4 is 29.3 Å². The van der Waals surface area contributed by atoms with Crippen LogP contribution in [0.1, 0.15) is 16.7 Å². The quantitative estimate of drug-likeness (QED) is 0.377. The lowest BCUT2D eigenvalue weighted by atomic mass is 9.97. The molecule has 0 aliphatic carbocycles. The van der Waals surface area contributed by atoms with Crippen molar-refractivity contribution in [2.45, 2.75) is 12.3 Å². The van der Waals surface area contributed by atoms with Crippen molar-refractivity contribution in [3.63, 3.8) is 0 Å². The lowest BCUT2D eigenvalue weighted by Gasteiger charge is -2.43. The summed E-state index contributed by atoms with van der Waals surface area (Å²) in [5.74, 6) is 0.426. The summed E-state index contributed by atoms with van der Waals surface area (Å²) in [5, 5.41) is 0. The van der Waals surface area contributed by atoms with Crippen molar-refractivity contribution in [2.75, 3.05) is 30.6 Å². The fraction of sp³-hybridized carbons (Fsp3) is 0.172. The maximum Gasteiger partial charge on any atom is 0.286 e. The molecule has 7 heteroatoms. The van der Waals surface area contributed by atoms with E-state index in [0.717, 1.165) is 11.1 Å². The number of hydrogen-bond acceptors (Lipinski definition) is 5. The summed E-state index contributed by atoms with van der Waals surface area (Å²) in [6, 6.07) is 20.2. The Morgan fingerprint density at radius 3 is 2.50 bits per heavy atom. The first kappa shape index (κ1) is 23.4. The highest BCUT2D eigenvalue weighted by molar-refractivity contribution is 6.16. The van der Waals surface area contributed by atoms with Crippen LogP contribution in [0.5, 0.6) is 11.5 Å². The molecule has 0 bridgehead atoms. The van der Waals surface area contributed by atoms with Crippen LogP contribution in [0.2, 0.25) is 0 Å². The first-order valence-electron chi connectivity index (χ1n) is 11.5. The van der Waals surface area contributed by atoms with Gasteiger partial charge in [-0.25, -0.2) is 0 Å². The second-order valence-electron chi connectivity index (χ2n) is 8.40. The number of ether oxygens (including phenoxy) is 3. The lowest BCUT2D eigenvalue weighted by Crippen LogP contribution is -2.59. The van der Waals surface area contributed by atoms with E-state index in [9.17, 15) is 9.59 Å². The highest BCUT2D eigenvalue weighted by Gasteiger charge is 2.59. The summed E-state index contributed by atoms with van der Waals surface area (Å²) in [6.45, 7) is 4.29. The number of fused-ring (bicyclic) bond motifs is 3. The van der Waals surface area contributed by atoms with E-state index >= 15 is 0 Å². The summed E-state index contributed by atoms with van der Waals surface area (Å²) >= 11 is 0. The molecule has 2 heterocycles. The van der Waals surface area contributed by atoms with Crippen molar-refractivity contribution in [1.29, 1.82) is 0 Å². The Morgan fingerprint density at radius 1 is 1.03 bits per heavy atom. The number of carbonyl (C=O) groups excluding carboxylic acids is 2. The van der Waals surface area contributed by atoms with Crippen molar-refractivity contribution in [2.24, 2.45) is 0 Å². The zero-order chi connectivity index (χ0) is 25.3. The minimum Gasteiger partial charge on any atom is -0.493 e. The van der Waals surface area contributed by atoms with Gasteiger partial charge in [0.2, 0.25) is 0 Å². The smallest absolute Gasteiger partial charge is 0.286 e. The Kier molecular flexibility index (Phi) is 6.08. The number of methoxy groups -OCH3 is 2. The fourth-order valence-electron chi connectivity index (χ4n) is 4.81. The average Bonchev–Trinajstić information content (AvgIpc) is 3.15. The van der Waals surface area contributed by atoms with E-state index in [1.165, 1.54) is 11.0 Å². The van der Waals surface area contributed by atoms with Gasteiger partial charge >= 0.3 is 0 Å². The van der Waals surface area contributed by atoms with Gasteiger partial charge in [-0.1, -0.05) is 48.5 Å². The topological polar surface area (TPSA) is 68.3 Å². The van der Waals surface area contributed by atoms with Gasteiger partial charge in [0, 0.05) is 23.7 Å². The molecule has 5 rings (SSSR count). The minimum atomic E-state index is -1.62. The molecule has 3 aromatic carbocycles. The Bertz CT molecular complexity index is 1380. The largest absolute Gasteiger partial charge is 0.493 e. The zero-order valence-electron chi connectivity index (χ0n) is 20.1. The summed E-state index contributed by atoms with van der Waals surface area (Å²) in [5.41, 5.74) is 1.90. The molecular formula is C29H26N2O5. The van der Waals surface area contributed by atoms with Gasteiger partial charge in [-0.15, -0.1) is 6.58 Å². The molecule has 182 valence electrons. The summed E-state index contributed by atoms with van der Waals surface area (Å²) in [7, 11) is 3.12. The zero-order valence-corrected chi connectivity index (χ0v) is 20.1. The van der Waals surface area contributed by atoms with Crippen LogP contribution in [0.15, 0.2) is 85.5 Å². The van der Waals surface area contributed by atoms with Crippen LogP contribution in [0.3, 0.4) is 0 Å². The second-order valence-corrected chi connectivity index (χ2v) is 8.40. The number of anilines is 2. The van der Waals surface area contributed by atoms with Crippen LogP contribution < -0.4 is 19.3 Å². The predicted molar refractivity (Wildman–Crippen MR) is 138 cm³/mol. The van der Waals surface area contributed by atoms with E-state index in [2.05, 4.69) is 6.58 Å². The van der Waals surface area contributed by atoms with Crippen LogP contribution in [0.25, 0.3) is 6.08 Å². The molecular weight excluding hydrogens is 456 g/mol. The van der Waals surface area contributed by atoms with Gasteiger partial charge in [-0.3, -0.25) is 14.5 Å². The molecule has 2 amide bonds. The van der Waals surface area contributed by atoms with Crippen LogP contribution in [0.4, 0.5) is 11.4 Å². The van der Waals surface area contributed by atoms with Crippen molar-refractivity contribution < 1.29 is 23.8 Å². The molecule has 0 saturated heterocycles. The van der Waals surface area contributed by atoms with Crippen LogP contribution >= 0.6 is 0 Å². The molecule has 1 spiro atoms. The Balaban J connectivity index is 1.62. The van der Waals surface area contributed by atoms with Crippen LogP contribution in [0, 0.1) is 0 Å². The molecule has 0 unspecified atom stereocenters. The molecule has 0 aromatic heterocycles. The molecule has 1 atom stereocenters. The molecule has 36 heavy (non-hydrogen) atoms. The van der Waals surface area contributed by atoms with Gasteiger partial charge in [0.05, 0.1) is 32.2 Å². The summed E-state index contributed by atoms with van der Waals surface area (Å²) in [6.07, 6.45) is 4.79. The third-order valence-corrected chi connectivity index (χ3v) is 6.44. The van der Waals surface area contributed by atoms with Crippen LogP contribution in [-0.2, 0) is 26.7 Å². The molecule has 7 nitrogen and oxygen atoms in total. The maximum atomic E-state index is 14.0. The van der Waals surface area contributed by atoms with Crippen LogP contribution in [-0.4, -0.2) is 32.6 Å². The van der Waals surface area contributed by atoms with E-state index in [1.807, 2.05) is 54.6 Å². The SMILES string of the molecule is C=CCN1C(=O)[C@@]2(OCc3ccccc3N2C(=O)/C=C/c2ccc(OC)c(OC)c2)c2ccccc21. The number of nitrogens with zero attached hydrogens (tertiary/aromatic N) is 2.